The van der Waals surface area contributed by atoms with Crippen LogP contribution in [0.3, 0.4) is 0 Å². The molecule has 11 aromatic rings. The number of fused-ring (bicyclic) bond motifs is 8. The Balaban J connectivity index is 0.957. The van der Waals surface area contributed by atoms with E-state index in [0.29, 0.717) is 57.8 Å². The number of carbonyl (C=O) groups is 2. The molecule has 0 saturated heterocycles. The summed E-state index contributed by atoms with van der Waals surface area (Å²) in [6.07, 6.45) is 34.8. The number of nitriles is 4. The fraction of sp³-hybridized carbons (Fsp3) is 0.345. The van der Waals surface area contributed by atoms with E-state index >= 15 is 0 Å². The van der Waals surface area contributed by atoms with Gasteiger partial charge in [0.15, 0.2) is 11.6 Å². The number of ether oxygens (including phenoxy) is 2. The average molecular weight is 1680 g/mol. The van der Waals surface area contributed by atoms with Crippen molar-refractivity contribution in [1.82, 2.24) is 0 Å². The molecule has 4 aliphatic rings. The normalized spacial score (nSPS) is 14.3. The first-order valence-electron chi connectivity index (χ1n) is 45.1. The highest BCUT2D eigenvalue weighted by molar-refractivity contribution is 7.25. The minimum Gasteiger partial charge on any atom is -0.493 e. The second-order valence-corrected chi connectivity index (χ2v) is 37.8. The number of hydrogen-bond donors (Lipinski definition) is 0. The fourth-order valence-corrected chi connectivity index (χ4v) is 24.1. The molecule has 15 rings (SSSR count). The molecule has 0 amide bonds. The van der Waals surface area contributed by atoms with E-state index in [2.05, 4.69) is 199 Å². The van der Waals surface area contributed by atoms with Crippen LogP contribution in [0.1, 0.15) is 304 Å². The number of carbonyl (C=O) groups excluding carboxylic acids is 2. The van der Waals surface area contributed by atoms with Gasteiger partial charge in [0, 0.05) is 64.1 Å². The third-order valence-corrected chi connectivity index (χ3v) is 30.2. The molecule has 0 radical (unpaired) electrons. The molecule has 0 spiro atoms. The summed E-state index contributed by atoms with van der Waals surface area (Å²) < 4.78 is 14.9. The van der Waals surface area contributed by atoms with Gasteiger partial charge in [-0.15, -0.1) is 45.3 Å². The van der Waals surface area contributed by atoms with Gasteiger partial charge < -0.3 is 9.47 Å². The lowest BCUT2D eigenvalue weighted by molar-refractivity contribution is 0.103. The number of benzene rings is 7. The first-order valence-corrected chi connectivity index (χ1v) is 48.4. The van der Waals surface area contributed by atoms with Gasteiger partial charge in [0.25, 0.3) is 0 Å². The van der Waals surface area contributed by atoms with Crippen LogP contribution >= 0.6 is 45.3 Å². The molecule has 7 aromatic carbocycles. The van der Waals surface area contributed by atoms with E-state index in [0.717, 1.165) is 198 Å². The van der Waals surface area contributed by atoms with Crippen LogP contribution < -0.4 is 9.47 Å². The van der Waals surface area contributed by atoms with Crippen LogP contribution in [0.25, 0.3) is 63.7 Å². The topological polar surface area (TPSA) is 148 Å². The Morgan fingerprint density at radius 2 is 0.598 bits per heavy atom. The van der Waals surface area contributed by atoms with Crippen LogP contribution in [-0.2, 0) is 36.5 Å². The molecule has 0 atom stereocenters. The summed E-state index contributed by atoms with van der Waals surface area (Å²) in [5.74, 6) is 1.14. The number of rotatable bonds is 40. The van der Waals surface area contributed by atoms with E-state index in [-0.39, 0.29) is 22.7 Å². The molecule has 0 saturated carbocycles. The highest BCUT2D eigenvalue weighted by Gasteiger charge is 2.52. The zero-order chi connectivity index (χ0) is 84.7. The summed E-state index contributed by atoms with van der Waals surface area (Å²) >= 11 is 6.90. The molecule has 4 aromatic heterocycles. The molecule has 0 N–H and O–H groups in total. The third kappa shape index (κ3) is 17.1. The van der Waals surface area contributed by atoms with Crippen molar-refractivity contribution in [3.05, 3.63) is 303 Å². The van der Waals surface area contributed by atoms with Crippen LogP contribution in [0.2, 0.25) is 0 Å². The zero-order valence-corrected chi connectivity index (χ0v) is 75.0. The van der Waals surface area contributed by atoms with Gasteiger partial charge in [-0.25, -0.2) is 0 Å². The Bertz CT molecular complexity index is 5450. The predicted octanol–water partition coefficient (Wildman–Crippen LogP) is 30.6. The first kappa shape index (κ1) is 86.2. The molecule has 8 nitrogen and oxygen atoms in total. The van der Waals surface area contributed by atoms with Gasteiger partial charge in [0.2, 0.25) is 0 Å². The van der Waals surface area contributed by atoms with Crippen LogP contribution in [0.4, 0.5) is 0 Å². The van der Waals surface area contributed by atoms with Crippen LogP contribution in [0.15, 0.2) is 204 Å². The summed E-state index contributed by atoms with van der Waals surface area (Å²) in [5, 5.41) is 42.3. The van der Waals surface area contributed by atoms with E-state index in [9.17, 15) is 30.6 Å². The van der Waals surface area contributed by atoms with Gasteiger partial charge in [0.05, 0.1) is 43.6 Å². The van der Waals surface area contributed by atoms with Crippen LogP contribution in [0.5, 0.6) is 11.5 Å². The van der Waals surface area contributed by atoms with Crippen molar-refractivity contribution in [1.29, 1.82) is 21.0 Å². The molecule has 0 fully saturated rings. The molecule has 122 heavy (non-hydrogen) atoms. The number of aryl methyl sites for hydroxylation is 4. The summed E-state index contributed by atoms with van der Waals surface area (Å²) in [6.45, 7) is 14.6. The lowest BCUT2D eigenvalue weighted by Crippen LogP contribution is -2.28. The molecule has 4 heterocycles. The first-order chi connectivity index (χ1) is 59.9. The van der Waals surface area contributed by atoms with Gasteiger partial charge in [-0.2, -0.15) is 21.0 Å². The smallest absolute Gasteiger partial charge is 0.194 e. The number of ketones is 2. The highest BCUT2D eigenvalue weighted by atomic mass is 32.1. The zero-order valence-electron chi connectivity index (χ0n) is 71.7. The van der Waals surface area contributed by atoms with Gasteiger partial charge in [0.1, 0.15) is 46.9 Å². The maximum Gasteiger partial charge on any atom is 0.194 e. The monoisotopic (exact) mass is 1680 g/mol. The standard InChI is InChI=1S/C110H110N4O4S4/c1-7-13-19-25-35-73-43-51-79(52-44-73)109(80-53-45-74(46-54-80)36-26-20-14-8-2)93-63-83(61-91-101(77(69-111)70-112)85-39-29-31-41-87(85)103(91)115)119-105(93)107-95(109)67-99(121-107)89-65-98(118-60-34-24-18-12-6)90(66-97(89)117-59-33-23-17-11-5)100-68-96-108(122-100)106-94(64-84(120-106)62-92-102(78(71-113)72-114)86-40-30-32-42-88(86)104(92)116)110(96,81-55-47-75(48-56-81)37-27-21-15-9-3)82-57-49-76(50-58-82)38-28-22-16-10-4/h29-32,39-58,61-68H,7-28,33-38,59-60H2,1-6H3/b91-61-,92-62-. The van der Waals surface area contributed by atoms with Crippen molar-refractivity contribution in [3.63, 3.8) is 0 Å². The average Bonchev–Trinajstić information content (AvgIpc) is 1.53. The van der Waals surface area contributed by atoms with Gasteiger partial charge in [-0.1, -0.05) is 303 Å². The Hall–Kier alpha value is -10.8. The summed E-state index contributed by atoms with van der Waals surface area (Å²) in [4.78, 5) is 38.0. The second kappa shape index (κ2) is 40.0. The van der Waals surface area contributed by atoms with Gasteiger partial charge in [-0.05, 0) is 191 Å². The van der Waals surface area contributed by atoms with Crippen molar-refractivity contribution < 1.29 is 19.1 Å². The number of thiophene rings is 4. The SMILES string of the molecule is CCCCCCOc1cc(-c2cc3c(s2)-c2sc(/C=C4\C(=O)c5ccccc5C4=C(C#N)C#N)cc2C3(c2ccc(CCCCCC)cc2)c2ccc(CCCCCC)cc2)c(OCCCCCC)cc1-c1cc2c(s1)-c1sc(/C=C3\C(=O)c4ccccc4C3=C(C#N)C#N)cc1C2(c1ccc(CCCCCC)cc1)c1ccc(CCCCCC)cc1. The van der Waals surface area contributed by atoms with Crippen LogP contribution in [0, 0.1) is 45.3 Å². The molecule has 0 bridgehead atoms. The Kier molecular flexibility index (Phi) is 28.3. The largest absolute Gasteiger partial charge is 0.493 e. The summed E-state index contributed by atoms with van der Waals surface area (Å²) in [6, 6.07) is 75.2. The van der Waals surface area contributed by atoms with Gasteiger partial charge >= 0.3 is 0 Å². The fourth-order valence-electron chi connectivity index (χ4n) is 19.0. The lowest BCUT2D eigenvalue weighted by atomic mass is 9.68. The number of hydrogen-bond acceptors (Lipinski definition) is 12. The van der Waals surface area contributed by atoms with Crippen molar-refractivity contribution in [2.24, 2.45) is 0 Å². The third-order valence-electron chi connectivity index (χ3n) is 25.4. The number of allylic oxidation sites excluding steroid dienone is 6. The molecular formula is C110H110N4O4S4. The van der Waals surface area contributed by atoms with Crippen molar-refractivity contribution in [3.8, 4) is 76.2 Å². The quantitative estimate of drug-likeness (QED) is 0.0209. The molecule has 618 valence electrons. The molecule has 0 unspecified atom stereocenters. The van der Waals surface area contributed by atoms with Gasteiger partial charge in [-0.3, -0.25) is 9.59 Å². The minimum atomic E-state index is -0.836. The second-order valence-electron chi connectivity index (χ2n) is 33.5. The minimum absolute atomic E-state index is 0.0895. The Labute approximate surface area is 739 Å². The maximum atomic E-state index is 14.9. The lowest BCUT2D eigenvalue weighted by Gasteiger charge is -2.33. The molecule has 12 heteroatoms. The molecule has 4 aliphatic carbocycles. The molecule has 0 aliphatic heterocycles. The van der Waals surface area contributed by atoms with Crippen molar-refractivity contribution >= 4 is 80.2 Å². The highest BCUT2D eigenvalue weighted by Crippen LogP contribution is 2.66. The van der Waals surface area contributed by atoms with E-state index in [1.165, 1.54) is 110 Å². The summed E-state index contributed by atoms with van der Waals surface area (Å²) in [7, 11) is 0. The Morgan fingerprint density at radius 3 is 0.893 bits per heavy atom. The number of unbranched alkanes of at least 4 members (excludes halogenated alkanes) is 18. The predicted molar refractivity (Wildman–Crippen MR) is 508 cm³/mol. The number of Topliss-reactive ketones (excluding diaryl/α,β-unsaturated/α-hetero) is 2. The van der Waals surface area contributed by atoms with E-state index < -0.39 is 10.8 Å². The van der Waals surface area contributed by atoms with E-state index in [4.69, 9.17) is 9.47 Å². The number of nitrogens with zero attached hydrogens (tertiary/aromatic N) is 4. The van der Waals surface area contributed by atoms with Crippen molar-refractivity contribution in [2.45, 2.75) is 232 Å². The van der Waals surface area contributed by atoms with E-state index in [1.54, 1.807) is 57.5 Å². The Morgan fingerprint density at radius 1 is 0.320 bits per heavy atom. The molecular weight excluding hydrogens is 1570 g/mol. The summed E-state index contributed by atoms with van der Waals surface area (Å²) in [5.41, 5.74) is 18.1. The van der Waals surface area contributed by atoms with E-state index in [1.807, 2.05) is 48.6 Å². The van der Waals surface area contributed by atoms with Crippen LogP contribution in [-0.4, -0.2) is 24.8 Å². The van der Waals surface area contributed by atoms with Crippen molar-refractivity contribution in [2.75, 3.05) is 13.2 Å². The maximum absolute atomic E-state index is 14.9.